The van der Waals surface area contributed by atoms with Gasteiger partial charge in [0, 0.05) is 51.7 Å². The lowest BCUT2D eigenvalue weighted by Gasteiger charge is -2.30. The Labute approximate surface area is 323 Å². The van der Waals surface area contributed by atoms with Gasteiger partial charge in [0.1, 0.15) is 11.4 Å². The highest BCUT2D eigenvalue weighted by Gasteiger charge is 2.28. The summed E-state index contributed by atoms with van der Waals surface area (Å²) in [7, 11) is 0. The first kappa shape index (κ1) is 33.6. The van der Waals surface area contributed by atoms with Crippen LogP contribution in [0.1, 0.15) is 87.2 Å². The van der Waals surface area contributed by atoms with Crippen molar-refractivity contribution in [3.63, 3.8) is 0 Å². The maximum absolute atomic E-state index is 6.22. The summed E-state index contributed by atoms with van der Waals surface area (Å²) < 4.78 is 8.71. The van der Waals surface area contributed by atoms with Gasteiger partial charge in [-0.25, -0.2) is 9.97 Å². The van der Waals surface area contributed by atoms with E-state index in [0.29, 0.717) is 17.7 Å². The maximum atomic E-state index is 6.22. The van der Waals surface area contributed by atoms with E-state index in [2.05, 4.69) is 124 Å². The van der Waals surface area contributed by atoms with Crippen LogP contribution in [0.25, 0.3) is 38.6 Å². The lowest BCUT2D eigenvalue weighted by molar-refractivity contribution is 0.436. The van der Waals surface area contributed by atoms with E-state index in [9.17, 15) is 0 Å². The van der Waals surface area contributed by atoms with Crippen molar-refractivity contribution in [2.24, 2.45) is 0 Å². The smallest absolute Gasteiger partial charge is 0.219 e. The second-order valence-corrected chi connectivity index (χ2v) is 15.5. The third kappa shape index (κ3) is 6.32. The molecule has 0 atom stereocenters. The Kier molecular flexibility index (Phi) is 8.99. The summed E-state index contributed by atoms with van der Waals surface area (Å²) in [5, 5.41) is 3.58. The number of fused-ring (bicyclic) bond motifs is 6. The van der Waals surface area contributed by atoms with E-state index in [4.69, 9.17) is 9.72 Å². The van der Waals surface area contributed by atoms with Gasteiger partial charge in [-0.05, 0) is 103 Å². The minimum Gasteiger partial charge on any atom is -0.439 e. The summed E-state index contributed by atoms with van der Waals surface area (Å²) in [6, 6.07) is 47.6. The molecular formula is C50H46N4O. The maximum Gasteiger partial charge on any atom is 0.219 e. The molecule has 0 N–H and O–H groups in total. The first-order chi connectivity index (χ1) is 27.3. The van der Waals surface area contributed by atoms with Gasteiger partial charge in [-0.2, -0.15) is 0 Å². The van der Waals surface area contributed by atoms with Crippen LogP contribution in [0.5, 0.6) is 11.6 Å². The highest BCUT2D eigenvalue weighted by molar-refractivity contribution is 6.13. The first-order valence-corrected chi connectivity index (χ1v) is 20.3. The van der Waals surface area contributed by atoms with E-state index >= 15 is 0 Å². The SMILES string of the molecule is c1ccc(N(c2cccc(Oc3ccccn3)c2)c2ccc3c4ccccc4n4c(-c5c(C6CCCCC6)cccc5C5CCCCC5)cnc4c3c2)cc1. The minimum absolute atomic E-state index is 0.567. The number of benzene rings is 5. The zero-order valence-corrected chi connectivity index (χ0v) is 31.3. The molecule has 2 saturated carbocycles. The van der Waals surface area contributed by atoms with Gasteiger partial charge < -0.3 is 9.64 Å². The summed E-state index contributed by atoms with van der Waals surface area (Å²) in [5.41, 5.74) is 11.1. The molecule has 8 aromatic rings. The quantitative estimate of drug-likeness (QED) is 0.147. The lowest BCUT2D eigenvalue weighted by Crippen LogP contribution is -2.12. The summed E-state index contributed by atoms with van der Waals surface area (Å²) in [4.78, 5) is 12.1. The topological polar surface area (TPSA) is 42.7 Å². The molecule has 2 fully saturated rings. The molecule has 0 amide bonds. The van der Waals surface area contributed by atoms with Crippen molar-refractivity contribution in [1.29, 1.82) is 0 Å². The molecule has 3 aromatic heterocycles. The van der Waals surface area contributed by atoms with E-state index < -0.39 is 0 Å². The Morgan fingerprint density at radius 2 is 1.20 bits per heavy atom. The number of hydrogen-bond acceptors (Lipinski definition) is 4. The van der Waals surface area contributed by atoms with Crippen molar-refractivity contribution >= 4 is 44.4 Å². The van der Waals surface area contributed by atoms with Crippen LogP contribution in [0.3, 0.4) is 0 Å². The van der Waals surface area contributed by atoms with Gasteiger partial charge in [0.15, 0.2) is 0 Å². The van der Waals surface area contributed by atoms with E-state index in [-0.39, 0.29) is 0 Å². The van der Waals surface area contributed by atoms with E-state index in [0.717, 1.165) is 33.8 Å². The number of rotatable bonds is 8. The van der Waals surface area contributed by atoms with Crippen molar-refractivity contribution < 1.29 is 4.74 Å². The van der Waals surface area contributed by atoms with Crippen LogP contribution >= 0.6 is 0 Å². The number of nitrogens with zero attached hydrogens (tertiary/aromatic N) is 4. The lowest BCUT2D eigenvalue weighted by atomic mass is 9.76. The molecule has 0 radical (unpaired) electrons. The summed E-state index contributed by atoms with van der Waals surface area (Å²) in [6.45, 7) is 0. The molecule has 2 aliphatic carbocycles. The second-order valence-electron chi connectivity index (χ2n) is 15.5. The Balaban J connectivity index is 1.18. The molecule has 55 heavy (non-hydrogen) atoms. The van der Waals surface area contributed by atoms with E-state index in [1.165, 1.54) is 103 Å². The average molecular weight is 719 g/mol. The molecule has 10 rings (SSSR count). The largest absolute Gasteiger partial charge is 0.439 e. The van der Waals surface area contributed by atoms with Crippen molar-refractivity contribution in [1.82, 2.24) is 14.4 Å². The highest BCUT2D eigenvalue weighted by Crippen LogP contribution is 2.47. The third-order valence-electron chi connectivity index (χ3n) is 12.1. The summed E-state index contributed by atoms with van der Waals surface area (Å²) >= 11 is 0. The third-order valence-corrected chi connectivity index (χ3v) is 12.1. The standard InChI is InChI=1S/C50H46N4O/c1-4-16-35(17-5-1)41-25-15-26-42(36-18-6-2-7-19-36)49(41)47-34-52-50-45-33-39(29-30-43(45)44-24-10-11-27-46(44)54(47)50)53(37-20-8-3-9-21-37)38-22-14-23-40(32-38)55-48-28-12-13-31-51-48/h3,8-15,20-36H,1-2,4-7,16-19H2. The molecule has 2 aliphatic rings. The number of anilines is 3. The number of para-hydroxylation sites is 2. The number of aromatic nitrogens is 3. The molecule has 0 unspecified atom stereocenters. The zero-order chi connectivity index (χ0) is 36.6. The molecule has 0 spiro atoms. The molecule has 0 saturated heterocycles. The molecule has 5 aromatic carbocycles. The van der Waals surface area contributed by atoms with Crippen LogP contribution in [0.15, 0.2) is 146 Å². The molecule has 5 heteroatoms. The van der Waals surface area contributed by atoms with Crippen LogP contribution in [-0.2, 0) is 0 Å². The number of pyridine rings is 2. The average Bonchev–Trinajstić information content (AvgIpc) is 3.71. The van der Waals surface area contributed by atoms with Gasteiger partial charge in [-0.3, -0.25) is 4.40 Å². The van der Waals surface area contributed by atoms with Gasteiger partial charge in [0.2, 0.25) is 5.88 Å². The van der Waals surface area contributed by atoms with Crippen LogP contribution in [0.4, 0.5) is 17.1 Å². The fourth-order valence-corrected chi connectivity index (χ4v) is 9.58. The second kappa shape index (κ2) is 14.7. The monoisotopic (exact) mass is 718 g/mol. The number of imidazole rings is 1. The Bertz CT molecular complexity index is 2570. The fourth-order valence-electron chi connectivity index (χ4n) is 9.58. The van der Waals surface area contributed by atoms with Crippen LogP contribution in [-0.4, -0.2) is 14.4 Å². The van der Waals surface area contributed by atoms with E-state index in [1.54, 1.807) is 6.20 Å². The first-order valence-electron chi connectivity index (χ1n) is 20.3. The number of hydrogen-bond donors (Lipinski definition) is 0. The Morgan fingerprint density at radius 1 is 0.527 bits per heavy atom. The minimum atomic E-state index is 0.567. The highest BCUT2D eigenvalue weighted by atomic mass is 16.5. The van der Waals surface area contributed by atoms with Crippen LogP contribution in [0.2, 0.25) is 0 Å². The molecule has 3 heterocycles. The van der Waals surface area contributed by atoms with Gasteiger partial charge in [-0.15, -0.1) is 0 Å². The predicted octanol–water partition coefficient (Wildman–Crippen LogP) is 14.1. The van der Waals surface area contributed by atoms with Crippen molar-refractivity contribution in [3.8, 4) is 22.9 Å². The van der Waals surface area contributed by atoms with Gasteiger partial charge in [0.05, 0.1) is 17.4 Å². The summed E-state index contributed by atoms with van der Waals surface area (Å²) in [6.07, 6.45) is 17.0. The van der Waals surface area contributed by atoms with Crippen LogP contribution < -0.4 is 9.64 Å². The Hall–Kier alpha value is -5.94. The Morgan fingerprint density at radius 3 is 1.95 bits per heavy atom. The molecule has 0 aliphatic heterocycles. The van der Waals surface area contributed by atoms with Crippen molar-refractivity contribution in [2.45, 2.75) is 76.0 Å². The molecular weight excluding hydrogens is 673 g/mol. The zero-order valence-electron chi connectivity index (χ0n) is 31.3. The normalized spacial score (nSPS) is 15.5. The van der Waals surface area contributed by atoms with E-state index in [1.807, 2.05) is 30.3 Å². The molecule has 272 valence electrons. The van der Waals surface area contributed by atoms with Crippen molar-refractivity contribution in [2.75, 3.05) is 4.90 Å². The van der Waals surface area contributed by atoms with Gasteiger partial charge in [0.25, 0.3) is 0 Å². The van der Waals surface area contributed by atoms with Crippen molar-refractivity contribution in [3.05, 3.63) is 157 Å². The molecule has 0 bridgehead atoms. The fraction of sp³-hybridized carbons (Fsp3) is 0.240. The summed E-state index contributed by atoms with van der Waals surface area (Å²) in [5.74, 6) is 2.48. The van der Waals surface area contributed by atoms with Crippen LogP contribution in [0, 0.1) is 0 Å². The number of ether oxygens (including phenoxy) is 1. The van der Waals surface area contributed by atoms with Gasteiger partial charge in [-0.1, -0.05) is 111 Å². The predicted molar refractivity (Wildman–Crippen MR) is 226 cm³/mol. The van der Waals surface area contributed by atoms with Gasteiger partial charge >= 0.3 is 0 Å². The molecule has 5 nitrogen and oxygen atoms in total.